The van der Waals surface area contributed by atoms with E-state index in [-0.39, 0.29) is 0 Å². The number of aromatic hydroxyl groups is 1. The standard InChI is InChI=1S/C20H25NO/c1-3-15-5-7-16(8-6-15)17-9-11-19(21-13-17)18-10-4-14(2)12-20(18)22/h4,9-13,15-16,22H,3,5-8H2,1-2H3. The van der Waals surface area contributed by atoms with Crippen molar-refractivity contribution < 1.29 is 5.11 Å². The van der Waals surface area contributed by atoms with Crippen molar-refractivity contribution in [2.45, 2.75) is 51.9 Å². The summed E-state index contributed by atoms with van der Waals surface area (Å²) in [4.78, 5) is 4.59. The molecule has 3 rings (SSSR count). The van der Waals surface area contributed by atoms with E-state index in [0.717, 1.165) is 22.7 Å². The number of phenolic OH excluding ortho intramolecular Hbond substituents is 1. The van der Waals surface area contributed by atoms with Gasteiger partial charge < -0.3 is 5.11 Å². The molecule has 2 heteroatoms. The van der Waals surface area contributed by atoms with E-state index >= 15 is 0 Å². The first-order valence-electron chi connectivity index (χ1n) is 8.43. The van der Waals surface area contributed by atoms with Crippen molar-refractivity contribution in [1.82, 2.24) is 4.98 Å². The molecule has 0 unspecified atom stereocenters. The number of phenols is 1. The average Bonchev–Trinajstić information content (AvgIpc) is 2.55. The van der Waals surface area contributed by atoms with Crippen molar-refractivity contribution in [2.24, 2.45) is 5.92 Å². The van der Waals surface area contributed by atoms with E-state index in [9.17, 15) is 5.11 Å². The van der Waals surface area contributed by atoms with Crippen LogP contribution in [0, 0.1) is 12.8 Å². The van der Waals surface area contributed by atoms with Gasteiger partial charge in [-0.2, -0.15) is 0 Å². The predicted octanol–water partition coefficient (Wildman–Crippen LogP) is 5.45. The molecule has 2 nitrogen and oxygen atoms in total. The molecule has 1 heterocycles. The lowest BCUT2D eigenvalue weighted by Crippen LogP contribution is -2.12. The highest BCUT2D eigenvalue weighted by molar-refractivity contribution is 5.67. The maximum absolute atomic E-state index is 10.1. The topological polar surface area (TPSA) is 33.1 Å². The molecule has 0 saturated heterocycles. The Morgan fingerprint density at radius 1 is 1.09 bits per heavy atom. The predicted molar refractivity (Wildman–Crippen MR) is 91.1 cm³/mol. The van der Waals surface area contributed by atoms with Crippen LogP contribution in [0.5, 0.6) is 5.75 Å². The molecule has 1 saturated carbocycles. The van der Waals surface area contributed by atoms with Gasteiger partial charge in [0.2, 0.25) is 0 Å². The van der Waals surface area contributed by atoms with E-state index in [2.05, 4.69) is 18.0 Å². The Hall–Kier alpha value is -1.83. The van der Waals surface area contributed by atoms with Crippen LogP contribution >= 0.6 is 0 Å². The van der Waals surface area contributed by atoms with Gasteiger partial charge in [-0.05, 0) is 73.8 Å². The Labute approximate surface area is 133 Å². The summed E-state index contributed by atoms with van der Waals surface area (Å²) in [7, 11) is 0. The van der Waals surface area contributed by atoms with E-state index in [1.807, 2.05) is 31.3 Å². The highest BCUT2D eigenvalue weighted by Gasteiger charge is 2.21. The van der Waals surface area contributed by atoms with Crippen molar-refractivity contribution in [3.63, 3.8) is 0 Å². The van der Waals surface area contributed by atoms with E-state index in [0.29, 0.717) is 11.7 Å². The monoisotopic (exact) mass is 295 g/mol. The summed E-state index contributed by atoms with van der Waals surface area (Å²) in [5.41, 5.74) is 4.07. The zero-order valence-electron chi connectivity index (χ0n) is 13.5. The Balaban J connectivity index is 1.75. The molecule has 0 aliphatic heterocycles. The second-order valence-corrected chi connectivity index (χ2v) is 6.62. The normalized spacial score (nSPS) is 21.7. The van der Waals surface area contributed by atoms with Crippen molar-refractivity contribution in [3.05, 3.63) is 47.7 Å². The largest absolute Gasteiger partial charge is 0.507 e. The SMILES string of the molecule is CCC1CCC(c2ccc(-c3ccc(C)cc3O)nc2)CC1. The van der Waals surface area contributed by atoms with Gasteiger partial charge in [-0.3, -0.25) is 4.98 Å². The van der Waals surface area contributed by atoms with Gasteiger partial charge in [0.15, 0.2) is 0 Å². The fourth-order valence-corrected chi connectivity index (χ4v) is 3.57. The molecule has 1 aromatic carbocycles. The van der Waals surface area contributed by atoms with Crippen molar-refractivity contribution in [3.8, 4) is 17.0 Å². The Morgan fingerprint density at radius 3 is 2.45 bits per heavy atom. The van der Waals surface area contributed by atoms with Crippen LogP contribution in [0.25, 0.3) is 11.3 Å². The molecule has 1 aliphatic rings. The van der Waals surface area contributed by atoms with Crippen LogP contribution in [0.3, 0.4) is 0 Å². The number of benzene rings is 1. The van der Waals surface area contributed by atoms with E-state index in [1.54, 1.807) is 6.07 Å². The lowest BCUT2D eigenvalue weighted by molar-refractivity contribution is 0.318. The lowest BCUT2D eigenvalue weighted by Gasteiger charge is -2.27. The van der Waals surface area contributed by atoms with E-state index in [1.165, 1.54) is 37.7 Å². The van der Waals surface area contributed by atoms with Gasteiger partial charge in [0.1, 0.15) is 5.75 Å². The number of pyridine rings is 1. The van der Waals surface area contributed by atoms with Crippen molar-refractivity contribution in [2.75, 3.05) is 0 Å². The van der Waals surface area contributed by atoms with Crippen LogP contribution in [-0.4, -0.2) is 10.1 Å². The highest BCUT2D eigenvalue weighted by atomic mass is 16.3. The molecule has 0 bridgehead atoms. The molecule has 1 N–H and O–H groups in total. The molecule has 1 aromatic heterocycles. The maximum atomic E-state index is 10.1. The van der Waals surface area contributed by atoms with Crippen LogP contribution in [-0.2, 0) is 0 Å². The molecular weight excluding hydrogens is 270 g/mol. The summed E-state index contributed by atoms with van der Waals surface area (Å²) < 4.78 is 0. The molecule has 0 atom stereocenters. The molecule has 116 valence electrons. The quantitative estimate of drug-likeness (QED) is 0.817. The zero-order chi connectivity index (χ0) is 15.5. The number of nitrogens with zero attached hydrogens (tertiary/aromatic N) is 1. The third-order valence-electron chi connectivity index (χ3n) is 5.11. The second-order valence-electron chi connectivity index (χ2n) is 6.62. The number of hydrogen-bond acceptors (Lipinski definition) is 2. The van der Waals surface area contributed by atoms with E-state index in [4.69, 9.17) is 0 Å². The number of rotatable bonds is 3. The van der Waals surface area contributed by atoms with Crippen molar-refractivity contribution in [1.29, 1.82) is 0 Å². The van der Waals surface area contributed by atoms with Gasteiger partial charge in [0, 0.05) is 11.8 Å². The number of aryl methyl sites for hydroxylation is 1. The van der Waals surface area contributed by atoms with Crippen molar-refractivity contribution >= 4 is 0 Å². The number of aromatic nitrogens is 1. The lowest BCUT2D eigenvalue weighted by atomic mass is 9.78. The van der Waals surface area contributed by atoms with Gasteiger partial charge in [-0.15, -0.1) is 0 Å². The van der Waals surface area contributed by atoms with Crippen LogP contribution in [0.2, 0.25) is 0 Å². The van der Waals surface area contributed by atoms with Crippen LogP contribution in [0.1, 0.15) is 56.1 Å². The minimum absolute atomic E-state index is 0.309. The first-order chi connectivity index (χ1) is 10.7. The molecule has 1 fully saturated rings. The molecule has 2 aromatic rings. The fourth-order valence-electron chi connectivity index (χ4n) is 3.57. The fraction of sp³-hybridized carbons (Fsp3) is 0.450. The summed E-state index contributed by atoms with van der Waals surface area (Å²) in [6, 6.07) is 9.98. The highest BCUT2D eigenvalue weighted by Crippen LogP contribution is 2.37. The minimum atomic E-state index is 0.309. The second kappa shape index (κ2) is 6.51. The number of hydrogen-bond donors (Lipinski definition) is 1. The van der Waals surface area contributed by atoms with Gasteiger partial charge in [0.25, 0.3) is 0 Å². The Bertz CT molecular complexity index is 625. The first kappa shape index (κ1) is 15.1. The summed E-state index contributed by atoms with van der Waals surface area (Å²) >= 11 is 0. The smallest absolute Gasteiger partial charge is 0.125 e. The first-order valence-corrected chi connectivity index (χ1v) is 8.43. The third-order valence-corrected chi connectivity index (χ3v) is 5.11. The maximum Gasteiger partial charge on any atom is 0.125 e. The van der Waals surface area contributed by atoms with E-state index < -0.39 is 0 Å². The van der Waals surface area contributed by atoms with Crippen LogP contribution < -0.4 is 0 Å². The van der Waals surface area contributed by atoms with Crippen LogP contribution in [0.4, 0.5) is 0 Å². The third kappa shape index (κ3) is 3.16. The zero-order valence-corrected chi connectivity index (χ0v) is 13.5. The minimum Gasteiger partial charge on any atom is -0.507 e. The van der Waals surface area contributed by atoms with Gasteiger partial charge in [-0.25, -0.2) is 0 Å². The molecule has 1 aliphatic carbocycles. The summed E-state index contributed by atoms with van der Waals surface area (Å²) in [6.07, 6.45) is 8.59. The molecule has 0 amide bonds. The molecule has 0 radical (unpaired) electrons. The average molecular weight is 295 g/mol. The summed E-state index contributed by atoms with van der Waals surface area (Å²) in [6.45, 7) is 4.28. The Kier molecular flexibility index (Phi) is 4.47. The summed E-state index contributed by atoms with van der Waals surface area (Å²) in [5.74, 6) is 1.90. The molecule has 22 heavy (non-hydrogen) atoms. The van der Waals surface area contributed by atoms with Gasteiger partial charge >= 0.3 is 0 Å². The van der Waals surface area contributed by atoms with Gasteiger partial charge in [-0.1, -0.05) is 25.5 Å². The Morgan fingerprint density at radius 2 is 1.86 bits per heavy atom. The molecular formula is C20H25NO. The summed E-state index contributed by atoms with van der Waals surface area (Å²) in [5, 5.41) is 10.1. The van der Waals surface area contributed by atoms with Crippen LogP contribution in [0.15, 0.2) is 36.5 Å². The van der Waals surface area contributed by atoms with Gasteiger partial charge in [0.05, 0.1) is 5.69 Å². The molecule has 0 spiro atoms.